The molecule has 0 fully saturated rings. The third-order valence-corrected chi connectivity index (χ3v) is 7.38. The van der Waals surface area contributed by atoms with Crippen LogP contribution in [0.3, 0.4) is 0 Å². The third kappa shape index (κ3) is 7.22. The quantitative estimate of drug-likeness (QED) is 0.550. The summed E-state index contributed by atoms with van der Waals surface area (Å²) in [6, 6.07) is 10.6. The van der Waals surface area contributed by atoms with E-state index in [9.17, 15) is 25.6 Å². The molecule has 166 valence electrons. The normalized spacial score (nSPS) is 13.2. The molecule has 11 heteroatoms. The molecule has 0 amide bonds. The minimum absolute atomic E-state index is 0.0224. The van der Waals surface area contributed by atoms with Crippen LogP contribution in [0.25, 0.3) is 0 Å². The lowest BCUT2D eigenvalue weighted by molar-refractivity contribution is -0.0499. The Morgan fingerprint density at radius 3 is 2.27 bits per heavy atom. The van der Waals surface area contributed by atoms with Crippen LogP contribution in [-0.2, 0) is 19.9 Å². The Hall–Kier alpha value is -2.24. The maximum absolute atomic E-state index is 12.6. The summed E-state index contributed by atoms with van der Waals surface area (Å²) in [4.78, 5) is -0.0251. The zero-order chi connectivity index (χ0) is 22.4. The first-order valence-corrected chi connectivity index (χ1v) is 12.3. The molecule has 2 aromatic rings. The van der Waals surface area contributed by atoms with E-state index in [-0.39, 0.29) is 28.8 Å². The number of rotatable bonds is 11. The highest BCUT2D eigenvalue weighted by molar-refractivity contribution is 7.91. The second kappa shape index (κ2) is 10.2. The van der Waals surface area contributed by atoms with E-state index in [1.54, 1.807) is 19.9 Å². The molecule has 1 N–H and O–H groups in total. The zero-order valence-electron chi connectivity index (χ0n) is 16.4. The van der Waals surface area contributed by atoms with Gasteiger partial charge >= 0.3 is 6.61 Å². The molecule has 1 atom stereocenters. The molecule has 0 saturated heterocycles. The topological polar surface area (TPSA) is 98.8 Å². The van der Waals surface area contributed by atoms with E-state index < -0.39 is 32.5 Å². The van der Waals surface area contributed by atoms with Gasteiger partial charge in [-0.25, -0.2) is 21.6 Å². The van der Waals surface area contributed by atoms with Crippen LogP contribution in [0.5, 0.6) is 11.5 Å². The number of nitrogens with one attached hydrogen (secondary N) is 1. The molecule has 30 heavy (non-hydrogen) atoms. The molecule has 1 unspecified atom stereocenters. The number of hydrogen-bond donors (Lipinski definition) is 1. The van der Waals surface area contributed by atoms with Crippen LogP contribution in [0.1, 0.15) is 25.5 Å². The molecule has 7 nitrogen and oxygen atoms in total. The lowest BCUT2D eigenvalue weighted by Gasteiger charge is -2.16. The fourth-order valence-electron chi connectivity index (χ4n) is 2.47. The van der Waals surface area contributed by atoms with Crippen molar-refractivity contribution in [2.24, 2.45) is 0 Å². The standard InChI is InChI=1S/C19H23F2NO6S2/c1-3-29(23,24)12-11-27-16-7-9-18(10-8-16)30(25,26)22-14(2)15-5-4-6-17(13-15)28-19(20)21/h4-10,13-14,19,22H,3,11-12H2,1-2H3. The maximum atomic E-state index is 12.6. The minimum atomic E-state index is -3.90. The highest BCUT2D eigenvalue weighted by atomic mass is 32.2. The van der Waals surface area contributed by atoms with Crippen molar-refractivity contribution in [1.29, 1.82) is 0 Å². The van der Waals surface area contributed by atoms with Gasteiger partial charge < -0.3 is 9.47 Å². The van der Waals surface area contributed by atoms with Crippen molar-refractivity contribution in [2.45, 2.75) is 31.4 Å². The number of benzene rings is 2. The smallest absolute Gasteiger partial charge is 0.387 e. The van der Waals surface area contributed by atoms with Crippen molar-refractivity contribution in [3.05, 3.63) is 54.1 Å². The second-order valence-electron chi connectivity index (χ2n) is 6.35. The van der Waals surface area contributed by atoms with E-state index in [4.69, 9.17) is 4.74 Å². The van der Waals surface area contributed by atoms with E-state index in [1.807, 2.05) is 0 Å². The van der Waals surface area contributed by atoms with Gasteiger partial charge in [-0.15, -0.1) is 0 Å². The van der Waals surface area contributed by atoms with Gasteiger partial charge in [0.15, 0.2) is 9.84 Å². The summed E-state index contributed by atoms with van der Waals surface area (Å²) in [5.41, 5.74) is 0.453. The molecule has 0 aliphatic heterocycles. The number of sulfone groups is 1. The first kappa shape index (κ1) is 24.0. The van der Waals surface area contributed by atoms with E-state index >= 15 is 0 Å². The summed E-state index contributed by atoms with van der Waals surface area (Å²) in [6.07, 6.45) is 0. The largest absolute Gasteiger partial charge is 0.493 e. The molecule has 2 rings (SSSR count). The molecule has 0 aromatic heterocycles. The van der Waals surface area contributed by atoms with E-state index in [1.165, 1.54) is 42.5 Å². The van der Waals surface area contributed by atoms with Crippen LogP contribution in [0.15, 0.2) is 53.4 Å². The van der Waals surface area contributed by atoms with Gasteiger partial charge in [-0.05, 0) is 48.9 Å². The van der Waals surface area contributed by atoms with Crippen LogP contribution in [0, 0.1) is 0 Å². The Labute approximate surface area is 175 Å². The van der Waals surface area contributed by atoms with Crippen LogP contribution >= 0.6 is 0 Å². The lowest BCUT2D eigenvalue weighted by atomic mass is 10.1. The monoisotopic (exact) mass is 463 g/mol. The molecule has 0 aliphatic carbocycles. The van der Waals surface area contributed by atoms with Crippen LogP contribution in [0.4, 0.5) is 8.78 Å². The Kier molecular flexibility index (Phi) is 8.16. The zero-order valence-corrected chi connectivity index (χ0v) is 18.0. The lowest BCUT2D eigenvalue weighted by Crippen LogP contribution is -2.26. The third-order valence-electron chi connectivity index (χ3n) is 4.15. The van der Waals surface area contributed by atoms with Crippen LogP contribution in [0.2, 0.25) is 0 Å². The molecular weight excluding hydrogens is 440 g/mol. The molecular formula is C19H23F2NO6S2. The predicted octanol–water partition coefficient (Wildman–Crippen LogP) is 3.14. The van der Waals surface area contributed by atoms with Gasteiger partial charge in [-0.1, -0.05) is 19.1 Å². The molecule has 0 spiro atoms. The van der Waals surface area contributed by atoms with Crippen molar-refractivity contribution >= 4 is 19.9 Å². The summed E-state index contributed by atoms with van der Waals surface area (Å²) in [7, 11) is -7.05. The van der Waals surface area contributed by atoms with Crippen molar-refractivity contribution in [3.8, 4) is 11.5 Å². The number of ether oxygens (including phenoxy) is 2. The highest BCUT2D eigenvalue weighted by Crippen LogP contribution is 2.23. The number of hydrogen-bond acceptors (Lipinski definition) is 6. The van der Waals surface area contributed by atoms with Gasteiger partial charge in [-0.3, -0.25) is 0 Å². The second-order valence-corrected chi connectivity index (χ2v) is 10.5. The van der Waals surface area contributed by atoms with Crippen LogP contribution < -0.4 is 14.2 Å². The summed E-state index contributed by atoms with van der Waals surface area (Å²) in [5, 5.41) is 0. The van der Waals surface area contributed by atoms with E-state index in [0.717, 1.165) is 0 Å². The molecule has 0 radical (unpaired) electrons. The summed E-state index contributed by atoms with van der Waals surface area (Å²) < 4.78 is 84.9. The van der Waals surface area contributed by atoms with Gasteiger partial charge in [0.1, 0.15) is 18.1 Å². The first-order chi connectivity index (χ1) is 14.0. The van der Waals surface area contributed by atoms with Crippen LogP contribution in [-0.4, -0.2) is 41.6 Å². The molecule has 0 bridgehead atoms. The first-order valence-electron chi connectivity index (χ1n) is 9.03. The van der Waals surface area contributed by atoms with Crippen molar-refractivity contribution in [2.75, 3.05) is 18.1 Å². The SMILES string of the molecule is CCS(=O)(=O)CCOc1ccc(S(=O)(=O)NC(C)c2cccc(OC(F)F)c2)cc1. The van der Waals surface area contributed by atoms with Crippen molar-refractivity contribution in [3.63, 3.8) is 0 Å². The Morgan fingerprint density at radius 2 is 1.67 bits per heavy atom. The summed E-state index contributed by atoms with van der Waals surface area (Å²) >= 11 is 0. The molecule has 2 aromatic carbocycles. The number of sulfonamides is 1. The van der Waals surface area contributed by atoms with Crippen molar-refractivity contribution < 1.29 is 35.1 Å². The average molecular weight is 464 g/mol. The number of halogens is 2. The van der Waals surface area contributed by atoms with Crippen molar-refractivity contribution in [1.82, 2.24) is 4.72 Å². The predicted molar refractivity (Wildman–Crippen MR) is 108 cm³/mol. The minimum Gasteiger partial charge on any atom is -0.493 e. The maximum Gasteiger partial charge on any atom is 0.387 e. The average Bonchev–Trinajstić information content (AvgIpc) is 2.67. The summed E-state index contributed by atoms with van der Waals surface area (Å²) in [5.74, 6) is 0.163. The van der Waals surface area contributed by atoms with Gasteiger partial charge in [0.25, 0.3) is 0 Å². The Bertz CT molecular complexity index is 1040. The van der Waals surface area contributed by atoms with Gasteiger partial charge in [-0.2, -0.15) is 8.78 Å². The summed E-state index contributed by atoms with van der Waals surface area (Å²) in [6.45, 7) is 0.111. The molecule has 0 saturated carbocycles. The van der Waals surface area contributed by atoms with Gasteiger partial charge in [0.05, 0.1) is 10.6 Å². The molecule has 0 aliphatic rings. The van der Waals surface area contributed by atoms with E-state index in [2.05, 4.69) is 9.46 Å². The highest BCUT2D eigenvalue weighted by Gasteiger charge is 2.19. The Morgan fingerprint density at radius 1 is 1.00 bits per heavy atom. The molecule has 0 heterocycles. The van der Waals surface area contributed by atoms with Gasteiger partial charge in [0.2, 0.25) is 10.0 Å². The van der Waals surface area contributed by atoms with E-state index in [0.29, 0.717) is 11.3 Å². The fraction of sp³-hybridized carbons (Fsp3) is 0.368. The van der Waals surface area contributed by atoms with Gasteiger partial charge in [0, 0.05) is 11.8 Å². The fourth-order valence-corrected chi connectivity index (χ4v) is 4.33. The Balaban J connectivity index is 2.03. The number of alkyl halides is 2.